The minimum atomic E-state index is 0.276. The maximum Gasteiger partial charge on any atom is 0.231 e. The second kappa shape index (κ2) is 8.70. The van der Waals surface area contributed by atoms with Crippen LogP contribution in [-0.4, -0.2) is 38.4 Å². The molecule has 4 N–H and O–H groups in total. The second-order valence-corrected chi connectivity index (χ2v) is 9.46. The van der Waals surface area contributed by atoms with Crippen molar-refractivity contribution in [1.29, 1.82) is 0 Å². The number of hydrogen-bond acceptors (Lipinski definition) is 8. The Balaban J connectivity index is 1.29. The number of aromatic nitrogens is 4. The molecule has 174 valence electrons. The molecule has 2 fully saturated rings. The van der Waals surface area contributed by atoms with Crippen molar-refractivity contribution in [1.82, 2.24) is 19.5 Å². The molecule has 9 heteroatoms. The summed E-state index contributed by atoms with van der Waals surface area (Å²) >= 11 is 0. The van der Waals surface area contributed by atoms with E-state index in [1.54, 1.807) is 0 Å². The van der Waals surface area contributed by atoms with Gasteiger partial charge in [-0.05, 0) is 56.2 Å². The molecule has 0 saturated heterocycles. The summed E-state index contributed by atoms with van der Waals surface area (Å²) in [7, 11) is 0. The highest BCUT2D eigenvalue weighted by atomic mass is 16.7. The van der Waals surface area contributed by atoms with Crippen LogP contribution in [0.25, 0.3) is 11.2 Å². The van der Waals surface area contributed by atoms with Gasteiger partial charge in [-0.3, -0.25) is 0 Å². The zero-order chi connectivity index (χ0) is 22.2. The standard InChI is InChI=1S/C24H31N7O2/c25-16-6-8-17(9-7-16)28-24-29-22(26-12-15-5-10-19-20(11-15)33-14-32-19)21-23(30-24)31(13-27-21)18-3-1-2-4-18/h5,10-11,13,16-18H,1-4,6-9,12,14,25H2,(H2,26,28,29,30). The van der Waals surface area contributed by atoms with Crippen LogP contribution in [0, 0.1) is 0 Å². The number of benzene rings is 1. The Morgan fingerprint density at radius 1 is 1.00 bits per heavy atom. The fourth-order valence-corrected chi connectivity index (χ4v) is 5.24. The van der Waals surface area contributed by atoms with E-state index in [0.29, 0.717) is 30.6 Å². The van der Waals surface area contributed by atoms with Gasteiger partial charge in [0.25, 0.3) is 0 Å². The second-order valence-electron chi connectivity index (χ2n) is 9.46. The van der Waals surface area contributed by atoms with Crippen LogP contribution in [0.3, 0.4) is 0 Å². The van der Waals surface area contributed by atoms with E-state index in [0.717, 1.165) is 59.7 Å². The van der Waals surface area contributed by atoms with Crippen molar-refractivity contribution in [3.05, 3.63) is 30.1 Å². The molecule has 0 amide bonds. The molecular formula is C24H31N7O2. The van der Waals surface area contributed by atoms with Gasteiger partial charge in [-0.1, -0.05) is 18.9 Å². The molecule has 33 heavy (non-hydrogen) atoms. The molecule has 9 nitrogen and oxygen atoms in total. The van der Waals surface area contributed by atoms with E-state index in [9.17, 15) is 0 Å². The van der Waals surface area contributed by atoms with Crippen LogP contribution in [0.2, 0.25) is 0 Å². The van der Waals surface area contributed by atoms with Gasteiger partial charge in [0, 0.05) is 24.7 Å². The SMILES string of the molecule is NC1CCC(Nc2nc(NCc3ccc4c(c3)OCO4)c3ncn(C4CCCC4)c3n2)CC1. The van der Waals surface area contributed by atoms with Crippen LogP contribution < -0.4 is 25.8 Å². The predicted molar refractivity (Wildman–Crippen MR) is 127 cm³/mol. The molecule has 0 unspecified atom stereocenters. The molecule has 1 aliphatic heterocycles. The molecule has 2 aromatic heterocycles. The van der Waals surface area contributed by atoms with E-state index >= 15 is 0 Å². The minimum Gasteiger partial charge on any atom is -0.454 e. The Kier molecular flexibility index (Phi) is 5.41. The highest BCUT2D eigenvalue weighted by Crippen LogP contribution is 2.35. The summed E-state index contributed by atoms with van der Waals surface area (Å²) in [5.74, 6) is 2.99. The lowest BCUT2D eigenvalue weighted by Crippen LogP contribution is -2.33. The van der Waals surface area contributed by atoms with Crippen LogP contribution in [0.1, 0.15) is 63.0 Å². The number of anilines is 2. The maximum absolute atomic E-state index is 6.10. The van der Waals surface area contributed by atoms with E-state index in [4.69, 9.17) is 30.2 Å². The molecular weight excluding hydrogens is 418 g/mol. The molecule has 2 saturated carbocycles. The lowest BCUT2D eigenvalue weighted by Gasteiger charge is -2.27. The molecule has 3 aromatic rings. The van der Waals surface area contributed by atoms with Crippen molar-refractivity contribution in [2.75, 3.05) is 17.4 Å². The fraction of sp³-hybridized carbons (Fsp3) is 0.542. The van der Waals surface area contributed by atoms with E-state index in [1.807, 2.05) is 24.5 Å². The Morgan fingerprint density at radius 3 is 2.67 bits per heavy atom. The van der Waals surface area contributed by atoms with Gasteiger partial charge in [0.15, 0.2) is 28.5 Å². The number of nitrogens with two attached hydrogens (primary N) is 1. The largest absolute Gasteiger partial charge is 0.454 e. The predicted octanol–water partition coefficient (Wildman–Crippen LogP) is 3.96. The lowest BCUT2D eigenvalue weighted by atomic mass is 9.92. The zero-order valence-electron chi connectivity index (χ0n) is 18.8. The summed E-state index contributed by atoms with van der Waals surface area (Å²) in [5.41, 5.74) is 8.91. The normalized spacial score (nSPS) is 22.7. The average molecular weight is 450 g/mol. The van der Waals surface area contributed by atoms with E-state index < -0.39 is 0 Å². The first-order valence-electron chi connectivity index (χ1n) is 12.1. The first kappa shape index (κ1) is 20.5. The van der Waals surface area contributed by atoms with Gasteiger partial charge >= 0.3 is 0 Å². The summed E-state index contributed by atoms with van der Waals surface area (Å²) in [4.78, 5) is 14.5. The summed E-state index contributed by atoms with van der Waals surface area (Å²) < 4.78 is 13.2. The van der Waals surface area contributed by atoms with Gasteiger partial charge < -0.3 is 30.4 Å². The third-order valence-electron chi connectivity index (χ3n) is 7.14. The van der Waals surface area contributed by atoms with Gasteiger partial charge in [-0.2, -0.15) is 9.97 Å². The van der Waals surface area contributed by atoms with Crippen LogP contribution in [-0.2, 0) is 6.54 Å². The first-order chi connectivity index (χ1) is 16.2. The Hall–Kier alpha value is -3.07. The number of nitrogens with zero attached hydrogens (tertiary/aromatic N) is 4. The van der Waals surface area contributed by atoms with Gasteiger partial charge in [0.05, 0.1) is 6.33 Å². The van der Waals surface area contributed by atoms with Crippen molar-refractivity contribution in [2.45, 2.75) is 76.0 Å². The Morgan fingerprint density at radius 2 is 1.82 bits per heavy atom. The monoisotopic (exact) mass is 449 g/mol. The summed E-state index contributed by atoms with van der Waals surface area (Å²) in [6, 6.07) is 7.13. The van der Waals surface area contributed by atoms with Crippen LogP contribution in [0.15, 0.2) is 24.5 Å². The molecule has 0 atom stereocenters. The molecule has 1 aromatic carbocycles. The Bertz CT molecular complexity index is 1130. The average Bonchev–Trinajstić information content (AvgIpc) is 3.59. The summed E-state index contributed by atoms with van der Waals surface area (Å²) in [6.07, 6.45) is 11.0. The van der Waals surface area contributed by atoms with Gasteiger partial charge in [0.1, 0.15) is 0 Å². The zero-order valence-corrected chi connectivity index (χ0v) is 18.8. The van der Waals surface area contributed by atoms with Crippen molar-refractivity contribution in [3.8, 4) is 11.5 Å². The maximum atomic E-state index is 6.10. The highest BCUT2D eigenvalue weighted by molar-refractivity contribution is 5.84. The summed E-state index contributed by atoms with van der Waals surface area (Å²) in [5, 5.41) is 7.08. The fourth-order valence-electron chi connectivity index (χ4n) is 5.24. The van der Waals surface area contributed by atoms with Crippen molar-refractivity contribution >= 4 is 22.9 Å². The smallest absolute Gasteiger partial charge is 0.231 e. The molecule has 0 bridgehead atoms. The first-order valence-corrected chi connectivity index (χ1v) is 12.1. The third kappa shape index (κ3) is 4.17. The molecule has 3 heterocycles. The third-order valence-corrected chi connectivity index (χ3v) is 7.14. The van der Waals surface area contributed by atoms with Crippen LogP contribution >= 0.6 is 0 Å². The van der Waals surface area contributed by atoms with Crippen LogP contribution in [0.4, 0.5) is 11.8 Å². The van der Waals surface area contributed by atoms with Gasteiger partial charge in [-0.25, -0.2) is 4.98 Å². The van der Waals surface area contributed by atoms with E-state index in [2.05, 4.69) is 15.2 Å². The number of imidazole rings is 1. The van der Waals surface area contributed by atoms with Crippen LogP contribution in [0.5, 0.6) is 11.5 Å². The molecule has 0 spiro atoms. The van der Waals surface area contributed by atoms with E-state index in [1.165, 1.54) is 25.7 Å². The number of fused-ring (bicyclic) bond motifs is 2. The highest BCUT2D eigenvalue weighted by Gasteiger charge is 2.24. The van der Waals surface area contributed by atoms with Crippen molar-refractivity contribution < 1.29 is 9.47 Å². The lowest BCUT2D eigenvalue weighted by molar-refractivity contribution is 0.174. The Labute approximate surface area is 193 Å². The topological polar surface area (TPSA) is 112 Å². The van der Waals surface area contributed by atoms with Gasteiger partial charge in [-0.15, -0.1) is 0 Å². The van der Waals surface area contributed by atoms with E-state index in [-0.39, 0.29) is 6.79 Å². The number of hydrogen-bond donors (Lipinski definition) is 3. The number of ether oxygens (including phenoxy) is 2. The minimum absolute atomic E-state index is 0.276. The quantitative estimate of drug-likeness (QED) is 0.518. The molecule has 2 aliphatic carbocycles. The molecule has 3 aliphatic rings. The summed E-state index contributed by atoms with van der Waals surface area (Å²) in [6.45, 7) is 0.884. The molecule has 0 radical (unpaired) electrons. The van der Waals surface area contributed by atoms with Crippen molar-refractivity contribution in [2.24, 2.45) is 5.73 Å². The number of rotatable bonds is 6. The van der Waals surface area contributed by atoms with Gasteiger partial charge in [0.2, 0.25) is 12.7 Å². The number of nitrogens with one attached hydrogen (secondary N) is 2. The molecule has 6 rings (SSSR count). The van der Waals surface area contributed by atoms with Crippen molar-refractivity contribution in [3.63, 3.8) is 0 Å².